The van der Waals surface area contributed by atoms with Crippen molar-refractivity contribution in [3.05, 3.63) is 66.9 Å². The van der Waals surface area contributed by atoms with Crippen LogP contribution in [0, 0.1) is 12.8 Å². The summed E-state index contributed by atoms with van der Waals surface area (Å²) in [5, 5.41) is 8.75. The molecule has 0 bridgehead atoms. The van der Waals surface area contributed by atoms with Crippen LogP contribution in [0.15, 0.2) is 61.2 Å². The minimum Gasteiger partial charge on any atom is -0.495 e. The van der Waals surface area contributed by atoms with Gasteiger partial charge in [-0.1, -0.05) is 35.6 Å². The Balaban J connectivity index is 1.43. The number of hydrogen-bond acceptors (Lipinski definition) is 5. The molecule has 3 aromatic rings. The number of hydrogen-bond donors (Lipinski definition) is 0. The second-order valence-corrected chi connectivity index (χ2v) is 8.53. The molecule has 1 aliphatic heterocycles. The van der Waals surface area contributed by atoms with Gasteiger partial charge >= 0.3 is 0 Å². The van der Waals surface area contributed by atoms with Gasteiger partial charge in [-0.2, -0.15) is 0 Å². The van der Waals surface area contributed by atoms with Gasteiger partial charge in [0.1, 0.15) is 17.5 Å². The first-order valence-corrected chi connectivity index (χ1v) is 11.4. The number of nitrogens with zero attached hydrogens (tertiary/aromatic N) is 6. The Morgan fingerprint density at radius 2 is 2.00 bits per heavy atom. The van der Waals surface area contributed by atoms with Crippen LogP contribution < -0.4 is 4.74 Å². The van der Waals surface area contributed by atoms with E-state index in [9.17, 15) is 4.79 Å². The van der Waals surface area contributed by atoms with Crippen LogP contribution in [-0.2, 0) is 4.79 Å². The van der Waals surface area contributed by atoms with Crippen molar-refractivity contribution in [2.45, 2.75) is 38.8 Å². The normalized spacial score (nSPS) is 22.3. The Morgan fingerprint density at radius 3 is 2.76 bits per heavy atom. The molecule has 0 radical (unpaired) electrons. The number of amides is 1. The summed E-state index contributed by atoms with van der Waals surface area (Å²) in [6.07, 6.45) is 15.7. The van der Waals surface area contributed by atoms with Gasteiger partial charge in [0.2, 0.25) is 5.91 Å². The van der Waals surface area contributed by atoms with E-state index in [1.54, 1.807) is 18.1 Å². The number of benzene rings is 1. The van der Waals surface area contributed by atoms with Crippen LogP contribution in [0.25, 0.3) is 16.9 Å². The van der Waals surface area contributed by atoms with Gasteiger partial charge in [0.25, 0.3) is 0 Å². The number of fused-ring (bicyclic) bond motifs is 1. The molecule has 3 atom stereocenters. The highest BCUT2D eigenvalue weighted by Gasteiger charge is 2.37. The predicted octanol–water partition coefficient (Wildman–Crippen LogP) is 3.74. The Kier molecular flexibility index (Phi) is 5.58. The average Bonchev–Trinajstić information content (AvgIpc) is 3.47. The first kappa shape index (κ1) is 21.2. The van der Waals surface area contributed by atoms with Crippen LogP contribution in [0.4, 0.5) is 0 Å². The monoisotopic (exact) mass is 444 g/mol. The predicted molar refractivity (Wildman–Crippen MR) is 125 cm³/mol. The van der Waals surface area contributed by atoms with Crippen LogP contribution in [0.2, 0.25) is 0 Å². The SMILES string of the molecule is CCN1C(=O)C(n2cc(-c3ccc(-n4cnc(C)c4)c(OC)c3)nn2)CCC2C=CC=CC21. The fourth-order valence-corrected chi connectivity index (χ4v) is 4.83. The molecular formula is C25H28N6O2. The number of rotatable bonds is 5. The number of imidazole rings is 1. The molecule has 33 heavy (non-hydrogen) atoms. The van der Waals surface area contributed by atoms with Crippen molar-refractivity contribution in [2.24, 2.45) is 5.92 Å². The van der Waals surface area contributed by atoms with E-state index in [-0.39, 0.29) is 18.0 Å². The Bertz CT molecular complexity index is 1220. The largest absolute Gasteiger partial charge is 0.495 e. The molecule has 1 saturated heterocycles. The van der Waals surface area contributed by atoms with E-state index in [1.807, 2.05) is 60.0 Å². The molecule has 2 aliphatic rings. The number of aromatic nitrogens is 5. The number of carbonyl (C=O) groups is 1. The van der Waals surface area contributed by atoms with E-state index in [4.69, 9.17) is 4.74 Å². The third-order valence-electron chi connectivity index (χ3n) is 6.55. The summed E-state index contributed by atoms with van der Waals surface area (Å²) in [5.74, 6) is 1.16. The molecule has 1 amide bonds. The second kappa shape index (κ2) is 8.69. The van der Waals surface area contributed by atoms with Crippen molar-refractivity contribution >= 4 is 5.91 Å². The van der Waals surface area contributed by atoms with Gasteiger partial charge < -0.3 is 14.2 Å². The lowest BCUT2D eigenvalue weighted by Crippen LogP contribution is -2.44. The van der Waals surface area contributed by atoms with Gasteiger partial charge in [-0.05, 0) is 38.8 Å². The standard InChI is InChI=1S/C25H28N6O2/c1-4-30-21-8-6-5-7-18(21)9-12-23(25(30)32)31-15-20(27-28-31)19-10-11-22(24(13-19)33-3)29-14-17(2)26-16-29/h5-8,10-11,13-16,18,21,23H,4,9,12H2,1-3H3. The summed E-state index contributed by atoms with van der Waals surface area (Å²) in [7, 11) is 1.65. The third kappa shape index (κ3) is 3.86. The number of methoxy groups -OCH3 is 1. The van der Waals surface area contributed by atoms with Crippen molar-refractivity contribution < 1.29 is 9.53 Å². The smallest absolute Gasteiger partial charge is 0.248 e. The molecule has 0 N–H and O–H groups in total. The zero-order valence-electron chi connectivity index (χ0n) is 19.1. The maximum absolute atomic E-state index is 13.4. The molecule has 2 aromatic heterocycles. The molecule has 1 aromatic carbocycles. The van der Waals surface area contributed by atoms with Crippen molar-refractivity contribution in [2.75, 3.05) is 13.7 Å². The minimum atomic E-state index is -0.353. The number of ether oxygens (including phenoxy) is 1. The summed E-state index contributed by atoms with van der Waals surface area (Å²) in [4.78, 5) is 19.7. The lowest BCUT2D eigenvalue weighted by Gasteiger charge is -2.33. The van der Waals surface area contributed by atoms with Gasteiger partial charge in [-0.3, -0.25) is 4.79 Å². The molecule has 1 aliphatic carbocycles. The van der Waals surface area contributed by atoms with E-state index in [2.05, 4.69) is 33.5 Å². The van der Waals surface area contributed by atoms with Crippen molar-refractivity contribution in [3.8, 4) is 22.7 Å². The van der Waals surface area contributed by atoms with Gasteiger partial charge in [0.15, 0.2) is 0 Å². The number of likely N-dealkylation sites (N-methyl/N-ethyl adjacent to an activating group) is 1. The highest BCUT2D eigenvalue weighted by Crippen LogP contribution is 2.34. The van der Waals surface area contributed by atoms with Gasteiger partial charge in [0, 0.05) is 24.2 Å². The molecule has 1 fully saturated rings. The van der Waals surface area contributed by atoms with Crippen molar-refractivity contribution in [1.29, 1.82) is 0 Å². The van der Waals surface area contributed by atoms with E-state index in [1.165, 1.54) is 0 Å². The Labute approximate surface area is 193 Å². The van der Waals surface area contributed by atoms with Crippen molar-refractivity contribution in [1.82, 2.24) is 29.4 Å². The second-order valence-electron chi connectivity index (χ2n) is 8.53. The van der Waals surface area contributed by atoms with Gasteiger partial charge in [-0.15, -0.1) is 5.10 Å². The van der Waals surface area contributed by atoms with E-state index in [0.29, 0.717) is 23.9 Å². The molecule has 3 heterocycles. The molecular weight excluding hydrogens is 416 g/mol. The first-order valence-electron chi connectivity index (χ1n) is 11.4. The van der Waals surface area contributed by atoms with E-state index >= 15 is 0 Å². The number of carbonyl (C=O) groups excluding carboxylic acids is 1. The molecule has 3 unspecified atom stereocenters. The maximum Gasteiger partial charge on any atom is 0.248 e. The van der Waals surface area contributed by atoms with Crippen LogP contribution in [0.1, 0.15) is 31.5 Å². The van der Waals surface area contributed by atoms with Crippen molar-refractivity contribution in [3.63, 3.8) is 0 Å². The zero-order valence-corrected chi connectivity index (χ0v) is 19.1. The Hall–Kier alpha value is -3.68. The van der Waals surface area contributed by atoms with Crippen LogP contribution >= 0.6 is 0 Å². The number of likely N-dealkylation sites (tertiary alicyclic amines) is 1. The topological polar surface area (TPSA) is 78.1 Å². The van der Waals surface area contributed by atoms with E-state index in [0.717, 1.165) is 29.8 Å². The summed E-state index contributed by atoms with van der Waals surface area (Å²) < 4.78 is 9.29. The maximum atomic E-state index is 13.4. The lowest BCUT2D eigenvalue weighted by atomic mass is 9.91. The number of aryl methyl sites for hydroxylation is 1. The molecule has 0 spiro atoms. The number of allylic oxidation sites excluding steroid dienone is 2. The average molecular weight is 445 g/mol. The summed E-state index contributed by atoms with van der Waals surface area (Å²) >= 11 is 0. The molecule has 8 heteroatoms. The van der Waals surface area contributed by atoms with Gasteiger partial charge in [0.05, 0.1) is 37.1 Å². The van der Waals surface area contributed by atoms with Gasteiger partial charge in [-0.25, -0.2) is 9.67 Å². The van der Waals surface area contributed by atoms with E-state index < -0.39 is 0 Å². The highest BCUT2D eigenvalue weighted by molar-refractivity contribution is 5.81. The summed E-state index contributed by atoms with van der Waals surface area (Å²) in [6, 6.07) is 5.67. The minimum absolute atomic E-state index is 0.102. The molecule has 8 nitrogen and oxygen atoms in total. The summed E-state index contributed by atoms with van der Waals surface area (Å²) in [6.45, 7) is 4.65. The fourth-order valence-electron chi connectivity index (χ4n) is 4.83. The highest BCUT2D eigenvalue weighted by atomic mass is 16.5. The fraction of sp³-hybridized carbons (Fsp3) is 0.360. The Morgan fingerprint density at radius 1 is 1.15 bits per heavy atom. The first-order chi connectivity index (χ1) is 16.1. The van der Waals surface area contributed by atoms with Crippen LogP contribution in [0.3, 0.4) is 0 Å². The third-order valence-corrected chi connectivity index (χ3v) is 6.55. The van der Waals surface area contributed by atoms with Crippen LogP contribution in [0.5, 0.6) is 5.75 Å². The quantitative estimate of drug-likeness (QED) is 0.599. The van der Waals surface area contributed by atoms with Crippen LogP contribution in [-0.4, -0.2) is 55.0 Å². The molecule has 170 valence electrons. The molecule has 0 saturated carbocycles. The zero-order chi connectivity index (χ0) is 22.9. The molecule has 5 rings (SSSR count). The lowest BCUT2D eigenvalue weighted by molar-refractivity contribution is -0.135. The summed E-state index contributed by atoms with van der Waals surface area (Å²) in [5.41, 5.74) is 3.42.